The Balaban J connectivity index is 4.91. The third kappa shape index (κ3) is 4.98. The molecular formula is C6H5F9O2. The van der Waals surface area contributed by atoms with Crippen LogP contribution >= 0.6 is 0 Å². The van der Waals surface area contributed by atoms with Crippen LogP contribution < -0.4 is 0 Å². The third-order valence-electron chi connectivity index (χ3n) is 1.34. The van der Waals surface area contributed by atoms with Gasteiger partial charge in [-0.25, -0.2) is 0 Å². The summed E-state index contributed by atoms with van der Waals surface area (Å²) in [4.78, 5) is 0. The molecule has 0 amide bonds. The summed E-state index contributed by atoms with van der Waals surface area (Å²) in [6.07, 6.45) is -20.2. The van der Waals surface area contributed by atoms with Gasteiger partial charge in [0.2, 0.25) is 0 Å². The molecule has 0 aromatic carbocycles. The van der Waals surface area contributed by atoms with Gasteiger partial charge < -0.3 is 5.11 Å². The van der Waals surface area contributed by atoms with Crippen molar-refractivity contribution in [2.75, 3.05) is 6.61 Å². The maximum Gasteiger partial charge on any atom is 0.451 e. The summed E-state index contributed by atoms with van der Waals surface area (Å²) < 4.78 is 110. The lowest BCUT2D eigenvalue weighted by molar-refractivity contribution is -0.428. The fourth-order valence-corrected chi connectivity index (χ4v) is 0.686. The van der Waals surface area contributed by atoms with E-state index in [0.29, 0.717) is 0 Å². The predicted molar refractivity (Wildman–Crippen MR) is 33.7 cm³/mol. The van der Waals surface area contributed by atoms with E-state index in [1.807, 2.05) is 0 Å². The fourth-order valence-electron chi connectivity index (χ4n) is 0.686. The number of alkyl halides is 9. The molecule has 0 bridgehead atoms. The monoisotopic (exact) mass is 280 g/mol. The van der Waals surface area contributed by atoms with Gasteiger partial charge in [-0.3, -0.25) is 4.74 Å². The maximum absolute atomic E-state index is 12.7. The van der Waals surface area contributed by atoms with Gasteiger partial charge in [0.25, 0.3) is 0 Å². The highest BCUT2D eigenvalue weighted by molar-refractivity contribution is 4.79. The van der Waals surface area contributed by atoms with Crippen LogP contribution in [0.25, 0.3) is 0 Å². The number of ether oxygens (including phenoxy) is 1. The van der Waals surface area contributed by atoms with E-state index in [2.05, 4.69) is 4.74 Å². The summed E-state index contributed by atoms with van der Waals surface area (Å²) in [6.45, 7) is -2.59. The van der Waals surface area contributed by atoms with Crippen LogP contribution in [0.15, 0.2) is 0 Å². The zero-order valence-corrected chi connectivity index (χ0v) is 7.67. The zero-order valence-electron chi connectivity index (χ0n) is 7.67. The highest BCUT2D eigenvalue weighted by Crippen LogP contribution is 2.42. The summed E-state index contributed by atoms with van der Waals surface area (Å²) in [6, 6.07) is 0. The van der Waals surface area contributed by atoms with Gasteiger partial charge in [-0.05, 0) is 0 Å². The molecule has 2 nitrogen and oxygen atoms in total. The second-order valence-corrected chi connectivity index (χ2v) is 2.92. The highest BCUT2D eigenvalue weighted by atomic mass is 19.4. The molecule has 0 aliphatic heterocycles. The smallest absolute Gasteiger partial charge is 0.390 e. The van der Waals surface area contributed by atoms with Crippen molar-refractivity contribution in [3.8, 4) is 0 Å². The minimum Gasteiger partial charge on any atom is -0.390 e. The Kier molecular flexibility index (Phi) is 4.33. The summed E-state index contributed by atoms with van der Waals surface area (Å²) in [7, 11) is 0. The Morgan fingerprint density at radius 2 is 1.24 bits per heavy atom. The quantitative estimate of drug-likeness (QED) is 0.802. The Hall–Kier alpha value is -0.710. The molecule has 0 aromatic rings. The molecule has 1 unspecified atom stereocenters. The van der Waals surface area contributed by atoms with Gasteiger partial charge in [-0.1, -0.05) is 0 Å². The molecule has 1 atom stereocenters. The molecule has 0 aromatic heterocycles. The van der Waals surface area contributed by atoms with Crippen molar-refractivity contribution in [1.29, 1.82) is 0 Å². The average molecular weight is 280 g/mol. The van der Waals surface area contributed by atoms with Crippen LogP contribution in [-0.4, -0.2) is 36.0 Å². The van der Waals surface area contributed by atoms with Crippen molar-refractivity contribution in [2.24, 2.45) is 0 Å². The Bertz CT molecular complexity index is 257. The fraction of sp³-hybridized carbons (Fsp3) is 1.00. The first-order valence-electron chi connectivity index (χ1n) is 3.74. The number of rotatable bonds is 4. The Labute approximate surface area is 88.0 Å². The van der Waals surface area contributed by atoms with E-state index in [0.717, 1.165) is 0 Å². The van der Waals surface area contributed by atoms with E-state index in [1.165, 1.54) is 0 Å². The minimum absolute atomic E-state index is 2.42. The molecule has 1 N–H and O–H groups in total. The first-order chi connectivity index (χ1) is 7.22. The van der Waals surface area contributed by atoms with Gasteiger partial charge in [0.15, 0.2) is 0 Å². The van der Waals surface area contributed by atoms with Gasteiger partial charge in [0.05, 0.1) is 0 Å². The number of halogens is 9. The molecule has 104 valence electrons. The van der Waals surface area contributed by atoms with E-state index in [4.69, 9.17) is 5.11 Å². The molecule has 0 rings (SSSR count). The lowest BCUT2D eigenvalue weighted by atomic mass is 10.3. The van der Waals surface area contributed by atoms with Crippen molar-refractivity contribution in [1.82, 2.24) is 0 Å². The van der Waals surface area contributed by atoms with Gasteiger partial charge >= 0.3 is 24.3 Å². The first-order valence-corrected chi connectivity index (χ1v) is 3.74. The molecular weight excluding hydrogens is 275 g/mol. The number of aliphatic hydroxyl groups excluding tert-OH is 1. The minimum atomic E-state index is -6.10. The highest BCUT2D eigenvalue weighted by Gasteiger charge is 2.63. The van der Waals surface area contributed by atoms with Crippen LogP contribution in [0.4, 0.5) is 39.5 Å². The van der Waals surface area contributed by atoms with Gasteiger partial charge in [0.1, 0.15) is 13.0 Å². The van der Waals surface area contributed by atoms with Crippen molar-refractivity contribution < 1.29 is 49.4 Å². The van der Waals surface area contributed by atoms with E-state index < -0.39 is 37.3 Å². The molecule has 11 heteroatoms. The lowest BCUT2D eigenvalue weighted by Crippen LogP contribution is -2.51. The molecule has 0 aliphatic rings. The molecule has 0 spiro atoms. The van der Waals surface area contributed by atoms with Crippen LogP contribution in [0.2, 0.25) is 0 Å². The molecule has 0 fully saturated rings. The SMILES string of the molecule is OCC(F)(OC(F)(F)CC(F)(F)F)C(F)(F)F. The predicted octanol–water partition coefficient (Wildman–Crippen LogP) is 2.77. The van der Waals surface area contributed by atoms with Gasteiger partial charge in [-0.2, -0.15) is 39.5 Å². The van der Waals surface area contributed by atoms with Crippen LogP contribution in [0, 0.1) is 0 Å². The molecule has 17 heavy (non-hydrogen) atoms. The van der Waals surface area contributed by atoms with Crippen LogP contribution in [-0.2, 0) is 4.74 Å². The maximum atomic E-state index is 12.7. The van der Waals surface area contributed by atoms with Gasteiger partial charge in [-0.15, -0.1) is 0 Å². The molecule has 0 saturated carbocycles. The van der Waals surface area contributed by atoms with Crippen molar-refractivity contribution >= 4 is 0 Å². The lowest BCUT2D eigenvalue weighted by Gasteiger charge is -2.30. The zero-order chi connectivity index (χ0) is 14.1. The van der Waals surface area contributed by atoms with Crippen LogP contribution in [0.5, 0.6) is 0 Å². The van der Waals surface area contributed by atoms with Crippen molar-refractivity contribution in [2.45, 2.75) is 30.7 Å². The summed E-state index contributed by atoms with van der Waals surface area (Å²) in [5, 5.41) is 7.95. The normalized spacial score (nSPS) is 18.0. The first kappa shape index (κ1) is 16.3. The van der Waals surface area contributed by atoms with Crippen LogP contribution in [0.1, 0.15) is 6.42 Å². The third-order valence-corrected chi connectivity index (χ3v) is 1.34. The second-order valence-electron chi connectivity index (χ2n) is 2.92. The van der Waals surface area contributed by atoms with Gasteiger partial charge in [0, 0.05) is 0 Å². The number of hydrogen-bond donors (Lipinski definition) is 1. The molecule has 0 radical (unpaired) electrons. The van der Waals surface area contributed by atoms with E-state index >= 15 is 0 Å². The van der Waals surface area contributed by atoms with Crippen LogP contribution in [0.3, 0.4) is 0 Å². The Morgan fingerprint density at radius 3 is 1.47 bits per heavy atom. The Morgan fingerprint density at radius 1 is 0.824 bits per heavy atom. The summed E-state index contributed by atoms with van der Waals surface area (Å²) in [5.41, 5.74) is 0. The van der Waals surface area contributed by atoms with Crippen molar-refractivity contribution in [3.63, 3.8) is 0 Å². The largest absolute Gasteiger partial charge is 0.451 e. The van der Waals surface area contributed by atoms with E-state index in [1.54, 1.807) is 0 Å². The molecule has 0 heterocycles. The average Bonchev–Trinajstić information content (AvgIpc) is 1.95. The molecule has 0 aliphatic carbocycles. The number of aliphatic hydroxyl groups is 1. The van der Waals surface area contributed by atoms with E-state index in [9.17, 15) is 39.5 Å². The van der Waals surface area contributed by atoms with Crippen molar-refractivity contribution in [3.05, 3.63) is 0 Å². The number of hydrogen-bond acceptors (Lipinski definition) is 2. The van der Waals surface area contributed by atoms with E-state index in [-0.39, 0.29) is 0 Å². The summed E-state index contributed by atoms with van der Waals surface area (Å²) in [5.74, 6) is -5.26. The summed E-state index contributed by atoms with van der Waals surface area (Å²) >= 11 is 0. The second kappa shape index (κ2) is 4.52. The molecule has 0 saturated heterocycles. The topological polar surface area (TPSA) is 29.5 Å². The standard InChI is InChI=1S/C6H5F9O2/c7-3(2-16,6(13,14)15)17-5(11,12)1-4(8,9)10/h16H,1-2H2.